The van der Waals surface area contributed by atoms with Gasteiger partial charge in [0.1, 0.15) is 0 Å². The molecule has 0 radical (unpaired) electrons. The normalized spacial score (nSPS) is 23.9. The standard InChI is InChI=1S/C14H18N2/c1-9-14(12-7-10(12)8-15)11-5-3-4-6-13(11)16(9)2/h3-6,10,12H,7-8,15H2,1-2H3. The van der Waals surface area contributed by atoms with Crippen LogP contribution in [0.5, 0.6) is 0 Å². The van der Waals surface area contributed by atoms with Crippen LogP contribution in [0.2, 0.25) is 0 Å². The molecule has 1 aliphatic rings. The highest BCUT2D eigenvalue weighted by Gasteiger charge is 2.39. The second kappa shape index (κ2) is 3.36. The third-order valence-corrected chi connectivity index (χ3v) is 4.04. The van der Waals surface area contributed by atoms with E-state index in [1.54, 1.807) is 0 Å². The minimum absolute atomic E-state index is 0.705. The fourth-order valence-corrected chi connectivity index (χ4v) is 2.88. The molecule has 2 aromatic rings. The monoisotopic (exact) mass is 214 g/mol. The van der Waals surface area contributed by atoms with E-state index >= 15 is 0 Å². The third-order valence-electron chi connectivity index (χ3n) is 4.04. The molecule has 1 aliphatic carbocycles. The van der Waals surface area contributed by atoms with Crippen molar-refractivity contribution in [2.75, 3.05) is 6.54 Å². The average Bonchev–Trinajstić information content (AvgIpc) is 3.03. The number of aryl methyl sites for hydroxylation is 1. The summed E-state index contributed by atoms with van der Waals surface area (Å²) in [6.45, 7) is 3.05. The smallest absolute Gasteiger partial charge is 0.0482 e. The van der Waals surface area contributed by atoms with Gasteiger partial charge in [-0.25, -0.2) is 0 Å². The molecule has 0 bridgehead atoms. The summed E-state index contributed by atoms with van der Waals surface area (Å²) in [7, 11) is 2.15. The average molecular weight is 214 g/mol. The molecule has 2 N–H and O–H groups in total. The first-order chi connectivity index (χ1) is 7.74. The zero-order chi connectivity index (χ0) is 11.3. The van der Waals surface area contributed by atoms with Crippen LogP contribution in [-0.2, 0) is 7.05 Å². The lowest BCUT2D eigenvalue weighted by molar-refractivity contribution is 0.802. The minimum Gasteiger partial charge on any atom is -0.348 e. The molecule has 2 nitrogen and oxygen atoms in total. The van der Waals surface area contributed by atoms with Crippen molar-refractivity contribution >= 4 is 10.9 Å². The molecule has 3 rings (SSSR count). The number of fused-ring (bicyclic) bond motifs is 1. The lowest BCUT2D eigenvalue weighted by Crippen LogP contribution is -2.02. The molecule has 2 atom stereocenters. The van der Waals surface area contributed by atoms with Crippen molar-refractivity contribution in [3.63, 3.8) is 0 Å². The van der Waals surface area contributed by atoms with Gasteiger partial charge in [-0.15, -0.1) is 0 Å². The molecule has 0 aliphatic heterocycles. The lowest BCUT2D eigenvalue weighted by Gasteiger charge is -2.01. The van der Waals surface area contributed by atoms with Gasteiger partial charge in [0, 0.05) is 23.6 Å². The number of nitrogens with zero attached hydrogens (tertiary/aromatic N) is 1. The van der Waals surface area contributed by atoms with E-state index < -0.39 is 0 Å². The van der Waals surface area contributed by atoms with E-state index in [4.69, 9.17) is 5.73 Å². The van der Waals surface area contributed by atoms with E-state index in [1.807, 2.05) is 0 Å². The number of rotatable bonds is 2. The van der Waals surface area contributed by atoms with Gasteiger partial charge < -0.3 is 10.3 Å². The van der Waals surface area contributed by atoms with Crippen molar-refractivity contribution in [1.82, 2.24) is 4.57 Å². The number of para-hydroxylation sites is 1. The highest BCUT2D eigenvalue weighted by Crippen LogP contribution is 2.50. The van der Waals surface area contributed by atoms with Crippen LogP contribution in [-0.4, -0.2) is 11.1 Å². The zero-order valence-electron chi connectivity index (χ0n) is 9.90. The lowest BCUT2D eigenvalue weighted by atomic mass is 10.1. The van der Waals surface area contributed by atoms with Crippen LogP contribution in [0.4, 0.5) is 0 Å². The summed E-state index contributed by atoms with van der Waals surface area (Å²) >= 11 is 0. The first-order valence-corrected chi connectivity index (χ1v) is 5.98. The Kier molecular flexibility index (Phi) is 2.08. The summed E-state index contributed by atoms with van der Waals surface area (Å²) in [6, 6.07) is 8.68. The van der Waals surface area contributed by atoms with Crippen molar-refractivity contribution in [3.05, 3.63) is 35.5 Å². The van der Waals surface area contributed by atoms with E-state index in [-0.39, 0.29) is 0 Å². The van der Waals surface area contributed by atoms with Crippen LogP contribution in [0.3, 0.4) is 0 Å². The van der Waals surface area contributed by atoms with Gasteiger partial charge in [0.25, 0.3) is 0 Å². The van der Waals surface area contributed by atoms with Crippen LogP contribution >= 0.6 is 0 Å². The molecule has 1 fully saturated rings. The molecule has 2 heteroatoms. The quantitative estimate of drug-likeness (QED) is 0.818. The van der Waals surface area contributed by atoms with Gasteiger partial charge in [-0.05, 0) is 43.4 Å². The Balaban J connectivity index is 2.20. The summed E-state index contributed by atoms with van der Waals surface area (Å²) < 4.78 is 2.30. The van der Waals surface area contributed by atoms with E-state index in [1.165, 1.54) is 28.6 Å². The van der Waals surface area contributed by atoms with Crippen LogP contribution in [0, 0.1) is 12.8 Å². The number of hydrogen-bond acceptors (Lipinski definition) is 1. The molecule has 1 heterocycles. The Morgan fingerprint density at radius 1 is 1.38 bits per heavy atom. The van der Waals surface area contributed by atoms with Crippen molar-refractivity contribution in [2.45, 2.75) is 19.3 Å². The summed E-state index contributed by atoms with van der Waals surface area (Å²) in [6.07, 6.45) is 1.27. The number of benzene rings is 1. The van der Waals surface area contributed by atoms with Crippen LogP contribution < -0.4 is 5.73 Å². The largest absolute Gasteiger partial charge is 0.348 e. The molecular formula is C14H18N2. The Morgan fingerprint density at radius 3 is 2.81 bits per heavy atom. The van der Waals surface area contributed by atoms with Crippen molar-refractivity contribution in [1.29, 1.82) is 0 Å². The van der Waals surface area contributed by atoms with E-state index in [2.05, 4.69) is 42.8 Å². The van der Waals surface area contributed by atoms with Crippen molar-refractivity contribution in [2.24, 2.45) is 18.7 Å². The molecule has 0 amide bonds. The van der Waals surface area contributed by atoms with E-state index in [0.29, 0.717) is 11.8 Å². The predicted molar refractivity (Wildman–Crippen MR) is 67.6 cm³/mol. The van der Waals surface area contributed by atoms with Gasteiger partial charge in [0.2, 0.25) is 0 Å². The number of hydrogen-bond donors (Lipinski definition) is 1. The topological polar surface area (TPSA) is 30.9 Å². The van der Waals surface area contributed by atoms with Gasteiger partial charge >= 0.3 is 0 Å². The first kappa shape index (κ1) is 9.91. The number of aromatic nitrogens is 1. The van der Waals surface area contributed by atoms with Gasteiger partial charge in [-0.2, -0.15) is 0 Å². The molecular weight excluding hydrogens is 196 g/mol. The second-order valence-corrected chi connectivity index (χ2v) is 4.91. The Morgan fingerprint density at radius 2 is 2.12 bits per heavy atom. The molecule has 1 aromatic carbocycles. The maximum Gasteiger partial charge on any atom is 0.0482 e. The van der Waals surface area contributed by atoms with Gasteiger partial charge in [-0.3, -0.25) is 0 Å². The summed E-state index contributed by atoms with van der Waals surface area (Å²) in [5, 5.41) is 1.42. The Bertz CT molecular complexity index is 539. The first-order valence-electron chi connectivity index (χ1n) is 5.98. The number of nitrogens with two attached hydrogens (primary N) is 1. The van der Waals surface area contributed by atoms with Gasteiger partial charge in [0.15, 0.2) is 0 Å². The minimum atomic E-state index is 0.705. The van der Waals surface area contributed by atoms with Gasteiger partial charge in [-0.1, -0.05) is 18.2 Å². The van der Waals surface area contributed by atoms with Crippen molar-refractivity contribution < 1.29 is 0 Å². The maximum absolute atomic E-state index is 5.76. The van der Waals surface area contributed by atoms with Crippen molar-refractivity contribution in [3.8, 4) is 0 Å². The highest BCUT2D eigenvalue weighted by atomic mass is 14.9. The van der Waals surface area contributed by atoms with Crippen LogP contribution in [0.1, 0.15) is 23.6 Å². The molecule has 84 valence electrons. The maximum atomic E-state index is 5.76. The third kappa shape index (κ3) is 1.23. The molecule has 2 unspecified atom stereocenters. The molecule has 0 spiro atoms. The highest BCUT2D eigenvalue weighted by molar-refractivity contribution is 5.86. The van der Waals surface area contributed by atoms with Crippen LogP contribution in [0.15, 0.2) is 24.3 Å². The summed E-state index contributed by atoms with van der Waals surface area (Å²) in [5.41, 5.74) is 10.0. The van der Waals surface area contributed by atoms with E-state index in [9.17, 15) is 0 Å². The molecule has 1 saturated carbocycles. The SMILES string of the molecule is Cc1c(C2CC2CN)c2ccccc2n1C. The second-order valence-electron chi connectivity index (χ2n) is 4.91. The van der Waals surface area contributed by atoms with Crippen LogP contribution in [0.25, 0.3) is 10.9 Å². The summed E-state index contributed by atoms with van der Waals surface area (Å²) in [5.74, 6) is 1.42. The fourth-order valence-electron chi connectivity index (χ4n) is 2.88. The van der Waals surface area contributed by atoms with Gasteiger partial charge in [0.05, 0.1) is 0 Å². The summed E-state index contributed by atoms with van der Waals surface area (Å²) in [4.78, 5) is 0. The predicted octanol–water partition coefficient (Wildman–Crippen LogP) is 2.55. The van der Waals surface area contributed by atoms with E-state index in [0.717, 1.165) is 6.54 Å². The fraction of sp³-hybridized carbons (Fsp3) is 0.429. The Labute approximate surface area is 96.1 Å². The Hall–Kier alpha value is -1.28. The molecule has 16 heavy (non-hydrogen) atoms. The molecule has 1 aromatic heterocycles. The molecule has 0 saturated heterocycles. The zero-order valence-corrected chi connectivity index (χ0v) is 9.90.